The highest BCUT2D eigenvalue weighted by atomic mass is 15.1. The van der Waals surface area contributed by atoms with Gasteiger partial charge >= 0.3 is 0 Å². The first kappa shape index (κ1) is 11.9. The van der Waals surface area contributed by atoms with Gasteiger partial charge in [0.25, 0.3) is 0 Å². The van der Waals surface area contributed by atoms with E-state index in [-0.39, 0.29) is 0 Å². The molecule has 0 spiro atoms. The van der Waals surface area contributed by atoms with Gasteiger partial charge in [-0.15, -0.1) is 0 Å². The maximum Gasteiger partial charge on any atom is 0.0599 e. The molecule has 1 unspecified atom stereocenters. The molecule has 2 aromatic rings. The molecule has 0 aliphatic heterocycles. The lowest BCUT2D eigenvalue weighted by atomic mass is 9.96. The average Bonchev–Trinajstić information content (AvgIpc) is 2.33. The van der Waals surface area contributed by atoms with Crippen LogP contribution in [0.2, 0.25) is 0 Å². The summed E-state index contributed by atoms with van der Waals surface area (Å²) < 4.78 is 0. The third-order valence-electron chi connectivity index (χ3n) is 3.11. The van der Waals surface area contributed by atoms with Gasteiger partial charge in [-0.05, 0) is 37.7 Å². The molecular formula is C16H19N. The molecule has 0 aliphatic rings. The Balaban J connectivity index is 2.47. The third kappa shape index (κ3) is 2.56. The summed E-state index contributed by atoms with van der Waals surface area (Å²) in [5.74, 6) is 0. The van der Waals surface area contributed by atoms with E-state index in [1.807, 2.05) is 0 Å². The molecule has 1 atom stereocenters. The largest absolute Gasteiger partial charge is 0.299 e. The van der Waals surface area contributed by atoms with E-state index in [0.717, 1.165) is 0 Å². The van der Waals surface area contributed by atoms with Crippen LogP contribution in [0.1, 0.15) is 22.7 Å². The molecule has 17 heavy (non-hydrogen) atoms. The van der Waals surface area contributed by atoms with Crippen LogP contribution in [0.25, 0.3) is 0 Å². The fraction of sp³-hybridized carbons (Fsp3) is 0.250. The second kappa shape index (κ2) is 5.15. The molecule has 1 heteroatoms. The fourth-order valence-electron chi connectivity index (χ4n) is 2.28. The first-order chi connectivity index (χ1) is 8.20. The zero-order valence-corrected chi connectivity index (χ0v) is 10.7. The molecule has 2 rings (SSSR count). The number of benzene rings is 2. The summed E-state index contributed by atoms with van der Waals surface area (Å²) in [4.78, 5) is 2.26. The molecular weight excluding hydrogens is 207 g/mol. The second-order valence-electron chi connectivity index (χ2n) is 4.63. The minimum atomic E-state index is 0.331. The van der Waals surface area contributed by atoms with Crippen LogP contribution < -0.4 is 0 Å². The van der Waals surface area contributed by atoms with Crippen molar-refractivity contribution in [1.82, 2.24) is 4.90 Å². The SMILES string of the molecule is CN(C)C(c1ccccc1)c1ccccc1[13CH3]. The number of aryl methyl sites for hydroxylation is 1. The van der Waals surface area contributed by atoms with Crippen LogP contribution in [-0.2, 0) is 0 Å². The Morgan fingerprint density at radius 1 is 0.824 bits per heavy atom. The van der Waals surface area contributed by atoms with Gasteiger partial charge in [-0.3, -0.25) is 4.90 Å². The molecule has 0 fully saturated rings. The van der Waals surface area contributed by atoms with E-state index in [1.165, 1.54) is 16.7 Å². The summed E-state index contributed by atoms with van der Waals surface area (Å²) in [6.45, 7) is 2.18. The van der Waals surface area contributed by atoms with Crippen LogP contribution in [0.5, 0.6) is 0 Å². The summed E-state index contributed by atoms with van der Waals surface area (Å²) in [6.07, 6.45) is 0. The van der Waals surface area contributed by atoms with Crippen molar-refractivity contribution in [3.05, 3.63) is 71.3 Å². The molecule has 2 aromatic carbocycles. The van der Waals surface area contributed by atoms with E-state index in [4.69, 9.17) is 0 Å². The van der Waals surface area contributed by atoms with Crippen molar-refractivity contribution in [2.24, 2.45) is 0 Å². The molecule has 0 saturated heterocycles. The van der Waals surface area contributed by atoms with Gasteiger partial charge in [-0.25, -0.2) is 0 Å². The van der Waals surface area contributed by atoms with E-state index in [2.05, 4.69) is 80.5 Å². The van der Waals surface area contributed by atoms with E-state index in [1.54, 1.807) is 0 Å². The first-order valence-corrected chi connectivity index (χ1v) is 5.97. The molecule has 0 bridgehead atoms. The highest BCUT2D eigenvalue weighted by Crippen LogP contribution is 2.28. The monoisotopic (exact) mass is 226 g/mol. The standard InChI is InChI=1S/C16H19N/c1-13-9-7-8-12-15(13)16(17(2)3)14-10-5-4-6-11-14/h4-12,16H,1-3H3/i1+1. The smallest absolute Gasteiger partial charge is 0.0599 e. The lowest BCUT2D eigenvalue weighted by Gasteiger charge is -2.26. The predicted octanol–water partition coefficient (Wildman–Crippen LogP) is 3.65. The molecule has 0 N–H and O–H groups in total. The summed E-state index contributed by atoms with van der Waals surface area (Å²) >= 11 is 0. The molecule has 0 aromatic heterocycles. The maximum atomic E-state index is 2.26. The van der Waals surface area contributed by atoms with Crippen molar-refractivity contribution < 1.29 is 0 Å². The van der Waals surface area contributed by atoms with Crippen molar-refractivity contribution >= 4 is 0 Å². The van der Waals surface area contributed by atoms with E-state index in [0.29, 0.717) is 6.04 Å². The van der Waals surface area contributed by atoms with Crippen LogP contribution in [0.3, 0.4) is 0 Å². The molecule has 0 amide bonds. The normalized spacial score (nSPS) is 12.7. The van der Waals surface area contributed by atoms with Gasteiger partial charge in [-0.1, -0.05) is 54.6 Å². The van der Waals surface area contributed by atoms with Crippen molar-refractivity contribution in [2.45, 2.75) is 13.0 Å². The zero-order valence-electron chi connectivity index (χ0n) is 10.7. The maximum absolute atomic E-state index is 2.26. The van der Waals surface area contributed by atoms with Gasteiger partial charge in [0.15, 0.2) is 0 Å². The van der Waals surface area contributed by atoms with E-state index >= 15 is 0 Å². The van der Waals surface area contributed by atoms with Crippen molar-refractivity contribution in [3.8, 4) is 0 Å². The Bertz CT molecular complexity index is 474. The lowest BCUT2D eigenvalue weighted by Crippen LogP contribution is -2.21. The molecule has 0 heterocycles. The topological polar surface area (TPSA) is 3.24 Å². The minimum Gasteiger partial charge on any atom is -0.299 e. The van der Waals surface area contributed by atoms with Gasteiger partial charge < -0.3 is 0 Å². The Morgan fingerprint density at radius 3 is 2.00 bits per heavy atom. The van der Waals surface area contributed by atoms with Crippen molar-refractivity contribution in [2.75, 3.05) is 14.1 Å². The Kier molecular flexibility index (Phi) is 3.60. The lowest BCUT2D eigenvalue weighted by molar-refractivity contribution is 0.341. The first-order valence-electron chi connectivity index (χ1n) is 5.97. The fourth-order valence-corrected chi connectivity index (χ4v) is 2.28. The number of hydrogen-bond acceptors (Lipinski definition) is 1. The summed E-state index contributed by atoms with van der Waals surface area (Å²) in [5.41, 5.74) is 4.06. The van der Waals surface area contributed by atoms with Gasteiger partial charge in [0.1, 0.15) is 0 Å². The molecule has 0 radical (unpaired) electrons. The molecule has 1 nitrogen and oxygen atoms in total. The second-order valence-corrected chi connectivity index (χ2v) is 4.63. The van der Waals surface area contributed by atoms with Crippen LogP contribution in [0, 0.1) is 6.92 Å². The number of hydrogen-bond donors (Lipinski definition) is 0. The highest BCUT2D eigenvalue weighted by Gasteiger charge is 2.17. The van der Waals surface area contributed by atoms with Gasteiger partial charge in [0, 0.05) is 0 Å². The van der Waals surface area contributed by atoms with Crippen LogP contribution in [0.4, 0.5) is 0 Å². The van der Waals surface area contributed by atoms with Gasteiger partial charge in [-0.2, -0.15) is 0 Å². The Hall–Kier alpha value is -1.60. The van der Waals surface area contributed by atoms with E-state index in [9.17, 15) is 0 Å². The van der Waals surface area contributed by atoms with Crippen molar-refractivity contribution in [3.63, 3.8) is 0 Å². The molecule has 0 aliphatic carbocycles. The summed E-state index contributed by atoms with van der Waals surface area (Å²) in [7, 11) is 4.26. The van der Waals surface area contributed by atoms with Crippen LogP contribution in [0.15, 0.2) is 54.6 Å². The average molecular weight is 226 g/mol. The quantitative estimate of drug-likeness (QED) is 0.722. The van der Waals surface area contributed by atoms with Crippen LogP contribution >= 0.6 is 0 Å². The van der Waals surface area contributed by atoms with Crippen molar-refractivity contribution in [1.29, 1.82) is 0 Å². The number of nitrogens with zero attached hydrogens (tertiary/aromatic N) is 1. The molecule has 0 saturated carbocycles. The predicted molar refractivity (Wildman–Crippen MR) is 73.2 cm³/mol. The van der Waals surface area contributed by atoms with Gasteiger partial charge in [0.2, 0.25) is 0 Å². The highest BCUT2D eigenvalue weighted by molar-refractivity contribution is 5.36. The minimum absolute atomic E-state index is 0.331. The number of rotatable bonds is 3. The summed E-state index contributed by atoms with van der Waals surface area (Å²) in [5, 5.41) is 0. The third-order valence-corrected chi connectivity index (χ3v) is 3.11. The summed E-state index contributed by atoms with van der Waals surface area (Å²) in [6, 6.07) is 19.6. The van der Waals surface area contributed by atoms with Crippen LogP contribution in [-0.4, -0.2) is 19.0 Å². The van der Waals surface area contributed by atoms with E-state index < -0.39 is 0 Å². The Labute approximate surface area is 104 Å². The zero-order chi connectivity index (χ0) is 12.3. The molecule has 88 valence electrons. The van der Waals surface area contributed by atoms with Gasteiger partial charge in [0.05, 0.1) is 6.04 Å². The Morgan fingerprint density at radius 2 is 1.41 bits per heavy atom.